The minimum absolute atomic E-state index is 0.435. The van der Waals surface area contributed by atoms with Gasteiger partial charge in [-0.05, 0) is 19.5 Å². The molecule has 0 spiro atoms. The Morgan fingerprint density at radius 3 is 2.86 bits per heavy atom. The van der Waals surface area contributed by atoms with Crippen LogP contribution in [-0.4, -0.2) is 18.1 Å². The SMILES string of the molecule is CCNCCCc1ncc(C(C)C)o1. The van der Waals surface area contributed by atoms with Gasteiger partial charge in [0.05, 0.1) is 6.20 Å². The molecule has 0 bridgehead atoms. The van der Waals surface area contributed by atoms with E-state index >= 15 is 0 Å². The molecule has 0 saturated carbocycles. The van der Waals surface area contributed by atoms with Crippen LogP contribution in [-0.2, 0) is 6.42 Å². The van der Waals surface area contributed by atoms with Crippen LogP contribution in [0.2, 0.25) is 0 Å². The number of rotatable bonds is 6. The van der Waals surface area contributed by atoms with Crippen molar-refractivity contribution in [2.24, 2.45) is 0 Å². The highest BCUT2D eigenvalue weighted by Gasteiger charge is 2.06. The van der Waals surface area contributed by atoms with E-state index in [1.54, 1.807) is 0 Å². The van der Waals surface area contributed by atoms with E-state index in [1.165, 1.54) is 0 Å². The van der Waals surface area contributed by atoms with Crippen molar-refractivity contribution in [2.45, 2.75) is 39.5 Å². The standard InChI is InChI=1S/C11H20N2O/c1-4-12-7-5-6-11-13-8-10(14-11)9(2)3/h8-9,12H,4-7H2,1-3H3. The molecule has 0 aliphatic rings. The molecule has 0 fully saturated rings. The molecule has 80 valence electrons. The van der Waals surface area contributed by atoms with Gasteiger partial charge in [0.25, 0.3) is 0 Å². The lowest BCUT2D eigenvalue weighted by atomic mass is 10.2. The van der Waals surface area contributed by atoms with E-state index in [4.69, 9.17) is 4.42 Å². The minimum Gasteiger partial charge on any atom is -0.445 e. The van der Waals surface area contributed by atoms with Gasteiger partial charge in [0.15, 0.2) is 5.89 Å². The highest BCUT2D eigenvalue weighted by Crippen LogP contribution is 2.15. The van der Waals surface area contributed by atoms with Crippen LogP contribution in [0.5, 0.6) is 0 Å². The van der Waals surface area contributed by atoms with Gasteiger partial charge in [-0.2, -0.15) is 0 Å². The maximum absolute atomic E-state index is 5.59. The van der Waals surface area contributed by atoms with Crippen LogP contribution in [0.15, 0.2) is 10.6 Å². The van der Waals surface area contributed by atoms with Crippen molar-refractivity contribution >= 4 is 0 Å². The van der Waals surface area contributed by atoms with Crippen LogP contribution in [0.25, 0.3) is 0 Å². The molecule has 0 aliphatic heterocycles. The Bertz CT molecular complexity index is 256. The molecular formula is C11H20N2O. The van der Waals surface area contributed by atoms with E-state index in [0.717, 1.165) is 37.6 Å². The van der Waals surface area contributed by atoms with Gasteiger partial charge in [-0.15, -0.1) is 0 Å². The lowest BCUT2D eigenvalue weighted by molar-refractivity contribution is 0.432. The first-order valence-electron chi connectivity index (χ1n) is 5.39. The number of hydrogen-bond acceptors (Lipinski definition) is 3. The average Bonchev–Trinajstić information content (AvgIpc) is 2.61. The number of oxazole rings is 1. The van der Waals surface area contributed by atoms with Crippen LogP contribution in [0.1, 0.15) is 44.8 Å². The second kappa shape index (κ2) is 5.81. The van der Waals surface area contributed by atoms with E-state index < -0.39 is 0 Å². The monoisotopic (exact) mass is 196 g/mol. The fourth-order valence-electron chi connectivity index (χ4n) is 1.25. The van der Waals surface area contributed by atoms with E-state index in [2.05, 4.69) is 31.1 Å². The molecule has 1 aromatic heterocycles. The zero-order valence-electron chi connectivity index (χ0n) is 9.34. The Labute approximate surface area is 85.9 Å². The van der Waals surface area contributed by atoms with Crippen LogP contribution in [0, 0.1) is 0 Å². The Morgan fingerprint density at radius 1 is 1.50 bits per heavy atom. The summed E-state index contributed by atoms with van der Waals surface area (Å²) in [4.78, 5) is 4.24. The highest BCUT2D eigenvalue weighted by molar-refractivity contribution is 4.98. The van der Waals surface area contributed by atoms with E-state index in [-0.39, 0.29) is 0 Å². The smallest absolute Gasteiger partial charge is 0.194 e. The first-order valence-corrected chi connectivity index (χ1v) is 5.39. The zero-order chi connectivity index (χ0) is 10.4. The molecule has 1 rings (SSSR count). The molecule has 1 aromatic rings. The molecular weight excluding hydrogens is 176 g/mol. The first-order chi connectivity index (χ1) is 6.74. The Balaban J connectivity index is 2.29. The molecule has 0 atom stereocenters. The largest absolute Gasteiger partial charge is 0.445 e. The van der Waals surface area contributed by atoms with Crippen molar-refractivity contribution in [1.29, 1.82) is 0 Å². The molecule has 0 radical (unpaired) electrons. The second-order valence-corrected chi connectivity index (χ2v) is 3.77. The maximum atomic E-state index is 5.59. The van der Waals surface area contributed by atoms with E-state index in [9.17, 15) is 0 Å². The summed E-state index contributed by atoms with van der Waals surface area (Å²) in [5.74, 6) is 2.29. The second-order valence-electron chi connectivity index (χ2n) is 3.77. The summed E-state index contributed by atoms with van der Waals surface area (Å²) in [7, 11) is 0. The Hall–Kier alpha value is -0.830. The third-order valence-corrected chi connectivity index (χ3v) is 2.13. The molecule has 0 aliphatic carbocycles. The van der Waals surface area contributed by atoms with Crippen molar-refractivity contribution < 1.29 is 4.42 Å². The summed E-state index contributed by atoms with van der Waals surface area (Å²) in [6, 6.07) is 0. The van der Waals surface area contributed by atoms with Crippen LogP contribution >= 0.6 is 0 Å². The highest BCUT2D eigenvalue weighted by atomic mass is 16.4. The van der Waals surface area contributed by atoms with Crippen LogP contribution < -0.4 is 5.32 Å². The maximum Gasteiger partial charge on any atom is 0.194 e. The summed E-state index contributed by atoms with van der Waals surface area (Å²) in [5.41, 5.74) is 0. The summed E-state index contributed by atoms with van der Waals surface area (Å²) < 4.78 is 5.59. The third-order valence-electron chi connectivity index (χ3n) is 2.13. The number of hydrogen-bond donors (Lipinski definition) is 1. The number of aryl methyl sites for hydroxylation is 1. The summed E-state index contributed by atoms with van der Waals surface area (Å²) >= 11 is 0. The molecule has 14 heavy (non-hydrogen) atoms. The van der Waals surface area contributed by atoms with Gasteiger partial charge in [0.1, 0.15) is 5.76 Å². The average molecular weight is 196 g/mol. The minimum atomic E-state index is 0.435. The fraction of sp³-hybridized carbons (Fsp3) is 0.727. The van der Waals surface area contributed by atoms with Gasteiger partial charge in [-0.3, -0.25) is 0 Å². The zero-order valence-corrected chi connectivity index (χ0v) is 9.34. The van der Waals surface area contributed by atoms with Gasteiger partial charge in [0.2, 0.25) is 0 Å². The number of aromatic nitrogens is 1. The summed E-state index contributed by atoms with van der Waals surface area (Å²) in [5, 5.41) is 3.28. The Morgan fingerprint density at radius 2 is 2.29 bits per heavy atom. The van der Waals surface area contributed by atoms with Crippen molar-refractivity contribution in [3.8, 4) is 0 Å². The molecule has 3 nitrogen and oxygen atoms in total. The lowest BCUT2D eigenvalue weighted by Gasteiger charge is -1.99. The molecule has 3 heteroatoms. The van der Waals surface area contributed by atoms with Gasteiger partial charge >= 0.3 is 0 Å². The topological polar surface area (TPSA) is 38.1 Å². The quantitative estimate of drug-likeness (QED) is 0.710. The summed E-state index contributed by atoms with van der Waals surface area (Å²) in [6.45, 7) is 8.41. The molecule has 0 amide bonds. The molecule has 1 heterocycles. The van der Waals surface area contributed by atoms with Crippen molar-refractivity contribution in [1.82, 2.24) is 10.3 Å². The van der Waals surface area contributed by atoms with Gasteiger partial charge in [-0.25, -0.2) is 4.98 Å². The van der Waals surface area contributed by atoms with Crippen LogP contribution in [0.4, 0.5) is 0 Å². The van der Waals surface area contributed by atoms with Crippen LogP contribution in [0.3, 0.4) is 0 Å². The first kappa shape index (κ1) is 11.2. The predicted octanol–water partition coefficient (Wildman–Crippen LogP) is 2.34. The third kappa shape index (κ3) is 3.50. The van der Waals surface area contributed by atoms with Gasteiger partial charge in [0, 0.05) is 12.3 Å². The molecule has 0 saturated heterocycles. The van der Waals surface area contributed by atoms with Gasteiger partial charge in [-0.1, -0.05) is 20.8 Å². The molecule has 1 N–H and O–H groups in total. The molecule has 0 unspecified atom stereocenters. The normalized spacial score (nSPS) is 11.1. The lowest BCUT2D eigenvalue weighted by Crippen LogP contribution is -2.14. The van der Waals surface area contributed by atoms with Crippen molar-refractivity contribution in [3.63, 3.8) is 0 Å². The summed E-state index contributed by atoms with van der Waals surface area (Å²) in [6.07, 6.45) is 3.86. The van der Waals surface area contributed by atoms with E-state index in [1.807, 2.05) is 6.20 Å². The number of nitrogens with zero attached hydrogens (tertiary/aromatic N) is 1. The van der Waals surface area contributed by atoms with E-state index in [0.29, 0.717) is 5.92 Å². The van der Waals surface area contributed by atoms with Gasteiger partial charge < -0.3 is 9.73 Å². The predicted molar refractivity (Wildman–Crippen MR) is 57.5 cm³/mol. The number of nitrogens with one attached hydrogen (secondary N) is 1. The Kier molecular flexibility index (Phi) is 4.66. The van der Waals surface area contributed by atoms with Crippen molar-refractivity contribution in [3.05, 3.63) is 17.8 Å². The molecule has 0 aromatic carbocycles. The fourth-order valence-corrected chi connectivity index (χ4v) is 1.25. The van der Waals surface area contributed by atoms with Crippen molar-refractivity contribution in [2.75, 3.05) is 13.1 Å².